The first kappa shape index (κ1) is 17.1. The number of para-hydroxylation sites is 1. The van der Waals surface area contributed by atoms with Crippen LogP contribution in [0, 0.1) is 4.77 Å². The number of benzene rings is 2. The Balaban J connectivity index is 1.82. The lowest BCUT2D eigenvalue weighted by Gasteiger charge is -2.09. The van der Waals surface area contributed by atoms with Gasteiger partial charge in [0.2, 0.25) is 4.77 Å². The molecule has 0 unspecified atom stereocenters. The number of aromatic nitrogens is 3. The molecule has 1 heterocycles. The van der Waals surface area contributed by atoms with Crippen molar-refractivity contribution in [1.82, 2.24) is 14.9 Å². The molecule has 0 aliphatic carbocycles. The van der Waals surface area contributed by atoms with E-state index < -0.39 is 0 Å². The maximum Gasteiger partial charge on any atom is 0.216 e. The number of nitrogens with zero attached hydrogens (tertiary/aromatic N) is 3. The van der Waals surface area contributed by atoms with Gasteiger partial charge in [0.1, 0.15) is 12.4 Å². The molecule has 0 fully saturated rings. The third-order valence-corrected chi connectivity index (χ3v) is 3.96. The van der Waals surface area contributed by atoms with Crippen LogP contribution >= 0.6 is 12.2 Å². The molecule has 128 valence electrons. The molecule has 3 rings (SSSR count). The van der Waals surface area contributed by atoms with E-state index in [9.17, 15) is 0 Å². The highest BCUT2D eigenvalue weighted by Gasteiger charge is 2.09. The third-order valence-electron chi connectivity index (χ3n) is 3.70. The number of hydrogen-bond acceptors (Lipinski definition) is 4. The normalized spacial score (nSPS) is 11.3. The Morgan fingerprint density at radius 2 is 1.88 bits per heavy atom. The quantitative estimate of drug-likeness (QED) is 0.524. The van der Waals surface area contributed by atoms with Gasteiger partial charge in [-0.2, -0.15) is 14.9 Å². The van der Waals surface area contributed by atoms with Crippen LogP contribution in [0.1, 0.15) is 36.7 Å². The molecule has 25 heavy (non-hydrogen) atoms. The van der Waals surface area contributed by atoms with Gasteiger partial charge in [-0.1, -0.05) is 56.3 Å². The van der Waals surface area contributed by atoms with E-state index in [-0.39, 0.29) is 5.92 Å². The van der Waals surface area contributed by atoms with Crippen molar-refractivity contribution in [1.29, 1.82) is 0 Å². The molecular formula is C19H20N4OS. The second-order valence-corrected chi connectivity index (χ2v) is 6.29. The number of ether oxygens (including phenoxy) is 1. The minimum Gasteiger partial charge on any atom is -0.489 e. The Bertz CT molecular complexity index is 912. The Kier molecular flexibility index (Phi) is 5.40. The van der Waals surface area contributed by atoms with E-state index in [1.165, 1.54) is 0 Å². The molecule has 0 atom stereocenters. The van der Waals surface area contributed by atoms with Gasteiger partial charge in [0.05, 0.1) is 6.21 Å². The molecule has 0 radical (unpaired) electrons. The zero-order valence-corrected chi connectivity index (χ0v) is 15.0. The third kappa shape index (κ3) is 4.22. The topological polar surface area (TPSA) is 55.2 Å². The van der Waals surface area contributed by atoms with E-state index in [4.69, 9.17) is 17.0 Å². The number of aromatic amines is 1. The molecule has 0 saturated carbocycles. The van der Waals surface area contributed by atoms with Gasteiger partial charge in [-0.25, -0.2) is 0 Å². The smallest absolute Gasteiger partial charge is 0.216 e. The Hall–Kier alpha value is -2.73. The van der Waals surface area contributed by atoms with Crippen LogP contribution in [0.25, 0.3) is 0 Å². The minimum absolute atomic E-state index is 0.224. The Morgan fingerprint density at radius 3 is 2.64 bits per heavy atom. The highest BCUT2D eigenvalue weighted by molar-refractivity contribution is 7.71. The van der Waals surface area contributed by atoms with Crippen LogP contribution in [0.15, 0.2) is 59.7 Å². The lowest BCUT2D eigenvalue weighted by atomic mass is 10.1. The van der Waals surface area contributed by atoms with Gasteiger partial charge in [-0.15, -0.1) is 0 Å². The van der Waals surface area contributed by atoms with Gasteiger partial charge >= 0.3 is 0 Å². The molecule has 1 aromatic heterocycles. The van der Waals surface area contributed by atoms with Gasteiger partial charge in [-0.05, 0) is 29.9 Å². The SMILES string of the molecule is CC(C)c1n[nH]c(=S)n1/N=C\c1ccccc1COc1ccccc1. The van der Waals surface area contributed by atoms with Crippen molar-refractivity contribution in [3.63, 3.8) is 0 Å². The summed E-state index contributed by atoms with van der Waals surface area (Å²) in [7, 11) is 0. The summed E-state index contributed by atoms with van der Waals surface area (Å²) in [6.07, 6.45) is 1.79. The Labute approximate surface area is 152 Å². The fourth-order valence-corrected chi connectivity index (χ4v) is 2.56. The average Bonchev–Trinajstić information content (AvgIpc) is 3.00. The maximum atomic E-state index is 5.85. The number of nitrogens with one attached hydrogen (secondary N) is 1. The first-order chi connectivity index (χ1) is 12.1. The van der Waals surface area contributed by atoms with Crippen molar-refractivity contribution < 1.29 is 4.74 Å². The molecule has 6 heteroatoms. The van der Waals surface area contributed by atoms with Crippen LogP contribution in [0.4, 0.5) is 0 Å². The highest BCUT2D eigenvalue weighted by atomic mass is 32.1. The summed E-state index contributed by atoms with van der Waals surface area (Å²) in [6.45, 7) is 4.58. The number of rotatable bonds is 6. The van der Waals surface area contributed by atoms with Crippen LogP contribution in [0.3, 0.4) is 0 Å². The van der Waals surface area contributed by atoms with E-state index in [2.05, 4.69) is 29.1 Å². The molecule has 3 aromatic rings. The summed E-state index contributed by atoms with van der Waals surface area (Å²) < 4.78 is 7.99. The molecule has 0 amide bonds. The van der Waals surface area contributed by atoms with E-state index >= 15 is 0 Å². The Morgan fingerprint density at radius 1 is 1.16 bits per heavy atom. The van der Waals surface area contributed by atoms with Crippen LogP contribution in [0.5, 0.6) is 5.75 Å². The molecule has 0 saturated heterocycles. The summed E-state index contributed by atoms with van der Waals surface area (Å²) >= 11 is 5.26. The second kappa shape index (κ2) is 7.90. The zero-order chi connectivity index (χ0) is 17.6. The minimum atomic E-state index is 0.224. The standard InChI is InChI=1S/C19H20N4OS/c1-14(2)18-21-22-19(25)23(18)20-12-15-8-6-7-9-16(15)13-24-17-10-4-3-5-11-17/h3-12,14H,13H2,1-2H3,(H,22,25)/b20-12-. The predicted molar refractivity (Wildman–Crippen MR) is 102 cm³/mol. The first-order valence-electron chi connectivity index (χ1n) is 8.12. The van der Waals surface area contributed by atoms with Crippen molar-refractivity contribution in [2.75, 3.05) is 0 Å². The number of H-pyrrole nitrogens is 1. The molecule has 1 N–H and O–H groups in total. The molecule has 0 aliphatic rings. The second-order valence-electron chi connectivity index (χ2n) is 5.90. The maximum absolute atomic E-state index is 5.85. The van der Waals surface area contributed by atoms with Crippen molar-refractivity contribution in [3.05, 3.63) is 76.3 Å². The van der Waals surface area contributed by atoms with Gasteiger partial charge in [0.25, 0.3) is 0 Å². The van der Waals surface area contributed by atoms with E-state index in [0.717, 1.165) is 22.7 Å². The van der Waals surface area contributed by atoms with Crippen LogP contribution < -0.4 is 4.74 Å². The largest absolute Gasteiger partial charge is 0.489 e. The zero-order valence-electron chi connectivity index (χ0n) is 14.2. The summed E-state index contributed by atoms with van der Waals surface area (Å²) in [4.78, 5) is 0. The molecular weight excluding hydrogens is 332 g/mol. The fourth-order valence-electron chi connectivity index (χ4n) is 2.38. The number of hydrogen-bond donors (Lipinski definition) is 1. The van der Waals surface area contributed by atoms with Gasteiger partial charge in [0.15, 0.2) is 5.82 Å². The van der Waals surface area contributed by atoms with Gasteiger partial charge in [-0.3, -0.25) is 5.10 Å². The van der Waals surface area contributed by atoms with Gasteiger partial charge < -0.3 is 4.74 Å². The molecule has 0 spiro atoms. The van der Waals surface area contributed by atoms with Gasteiger partial charge in [0, 0.05) is 11.5 Å². The fraction of sp³-hybridized carbons (Fsp3) is 0.211. The summed E-state index contributed by atoms with van der Waals surface area (Å²) in [6, 6.07) is 17.8. The van der Waals surface area contributed by atoms with E-state index in [1.807, 2.05) is 54.6 Å². The van der Waals surface area contributed by atoms with Crippen molar-refractivity contribution >= 4 is 18.4 Å². The van der Waals surface area contributed by atoms with Crippen molar-refractivity contribution in [2.24, 2.45) is 5.10 Å². The highest BCUT2D eigenvalue weighted by Crippen LogP contribution is 2.15. The van der Waals surface area contributed by atoms with Crippen LogP contribution in [-0.4, -0.2) is 21.1 Å². The lowest BCUT2D eigenvalue weighted by molar-refractivity contribution is 0.306. The monoisotopic (exact) mass is 352 g/mol. The summed E-state index contributed by atoms with van der Waals surface area (Å²) in [5.41, 5.74) is 2.03. The summed E-state index contributed by atoms with van der Waals surface area (Å²) in [5.74, 6) is 1.87. The van der Waals surface area contributed by atoms with Crippen LogP contribution in [0.2, 0.25) is 0 Å². The average molecular weight is 352 g/mol. The molecule has 5 nitrogen and oxygen atoms in total. The summed E-state index contributed by atoms with van der Waals surface area (Å²) in [5, 5.41) is 11.5. The molecule has 2 aromatic carbocycles. The predicted octanol–water partition coefficient (Wildman–Crippen LogP) is 4.53. The molecule has 0 bridgehead atoms. The van der Waals surface area contributed by atoms with E-state index in [1.54, 1.807) is 10.9 Å². The van der Waals surface area contributed by atoms with E-state index in [0.29, 0.717) is 11.4 Å². The van der Waals surface area contributed by atoms with Crippen LogP contribution in [-0.2, 0) is 6.61 Å². The lowest BCUT2D eigenvalue weighted by Crippen LogP contribution is -2.03. The first-order valence-corrected chi connectivity index (χ1v) is 8.53. The van der Waals surface area contributed by atoms with Crippen molar-refractivity contribution in [3.8, 4) is 5.75 Å². The molecule has 0 aliphatic heterocycles. The van der Waals surface area contributed by atoms with Crippen molar-refractivity contribution in [2.45, 2.75) is 26.4 Å².